The Hall–Kier alpha value is -1.20. The van der Waals surface area contributed by atoms with Gasteiger partial charge in [-0.05, 0) is 44.0 Å². The zero-order valence-electron chi connectivity index (χ0n) is 10.7. The number of hydrogen-bond acceptors (Lipinski definition) is 3. The molecule has 0 saturated heterocycles. The lowest BCUT2D eigenvalue weighted by atomic mass is 10.1. The van der Waals surface area contributed by atoms with E-state index in [1.54, 1.807) is 24.7 Å². The molecular formula is C13H16BrN3O. The van der Waals surface area contributed by atoms with E-state index in [-0.39, 0.29) is 0 Å². The highest BCUT2D eigenvalue weighted by molar-refractivity contribution is 9.10. The second-order valence-corrected chi connectivity index (χ2v) is 5.65. The zero-order valence-corrected chi connectivity index (χ0v) is 12.3. The second-order valence-electron chi connectivity index (χ2n) is 4.73. The number of aromatic nitrogens is 3. The Labute approximate surface area is 115 Å². The van der Waals surface area contributed by atoms with Crippen LogP contribution in [0.2, 0.25) is 0 Å². The molecular weight excluding hydrogens is 294 g/mol. The highest BCUT2D eigenvalue weighted by Gasteiger charge is 2.20. The van der Waals surface area contributed by atoms with Gasteiger partial charge in [-0.25, -0.2) is 4.68 Å². The van der Waals surface area contributed by atoms with Crippen LogP contribution < -0.4 is 0 Å². The first kappa shape index (κ1) is 13.2. The zero-order chi connectivity index (χ0) is 13.3. The summed E-state index contributed by atoms with van der Waals surface area (Å²) in [7, 11) is 0. The van der Waals surface area contributed by atoms with Gasteiger partial charge in [-0.1, -0.05) is 28.1 Å². The van der Waals surface area contributed by atoms with Crippen molar-refractivity contribution < 1.29 is 5.11 Å². The van der Waals surface area contributed by atoms with Crippen molar-refractivity contribution in [3.05, 3.63) is 40.1 Å². The average molecular weight is 310 g/mol. The Balaban J connectivity index is 2.46. The number of aliphatic hydroxyl groups is 1. The van der Waals surface area contributed by atoms with Crippen molar-refractivity contribution in [1.82, 2.24) is 15.0 Å². The second kappa shape index (κ2) is 4.82. The van der Waals surface area contributed by atoms with Crippen LogP contribution in [0, 0.1) is 0 Å². The monoisotopic (exact) mass is 309 g/mol. The van der Waals surface area contributed by atoms with Crippen LogP contribution in [0.15, 0.2) is 28.9 Å². The molecule has 4 nitrogen and oxygen atoms in total. The van der Waals surface area contributed by atoms with Gasteiger partial charge in [0, 0.05) is 4.47 Å². The molecule has 1 heterocycles. The number of halogens is 1. The summed E-state index contributed by atoms with van der Waals surface area (Å²) in [6.45, 7) is 5.49. The van der Waals surface area contributed by atoms with Gasteiger partial charge in [0.15, 0.2) is 0 Å². The van der Waals surface area contributed by atoms with Crippen molar-refractivity contribution in [2.75, 3.05) is 0 Å². The van der Waals surface area contributed by atoms with E-state index in [0.717, 1.165) is 16.6 Å². The van der Waals surface area contributed by atoms with Crippen LogP contribution >= 0.6 is 15.9 Å². The summed E-state index contributed by atoms with van der Waals surface area (Å²) in [4.78, 5) is 0. The quantitative estimate of drug-likeness (QED) is 0.948. The maximum absolute atomic E-state index is 9.90. The number of aryl methyl sites for hydroxylation is 1. The van der Waals surface area contributed by atoms with Crippen molar-refractivity contribution in [3.63, 3.8) is 0 Å². The van der Waals surface area contributed by atoms with E-state index in [1.165, 1.54) is 5.56 Å². The molecule has 5 heteroatoms. The Morgan fingerprint density at radius 3 is 2.67 bits per heavy atom. The molecule has 0 bridgehead atoms. The van der Waals surface area contributed by atoms with Crippen molar-refractivity contribution in [2.24, 2.45) is 0 Å². The van der Waals surface area contributed by atoms with E-state index in [2.05, 4.69) is 39.2 Å². The molecule has 0 spiro atoms. The molecule has 2 rings (SSSR count). The standard InChI is InChI=1S/C13H16BrN3O/c1-4-9-7-10(14)5-6-11(9)17-8-12(15-16-17)13(2,3)18/h5-8,18H,4H2,1-3H3. The fourth-order valence-electron chi connectivity index (χ4n) is 1.72. The van der Waals surface area contributed by atoms with Crippen LogP contribution in [0.4, 0.5) is 0 Å². The van der Waals surface area contributed by atoms with E-state index in [1.807, 2.05) is 12.1 Å². The summed E-state index contributed by atoms with van der Waals surface area (Å²) in [5.41, 5.74) is 1.76. The molecule has 0 fully saturated rings. The summed E-state index contributed by atoms with van der Waals surface area (Å²) in [6.07, 6.45) is 2.68. The van der Waals surface area contributed by atoms with Gasteiger partial charge in [-0.15, -0.1) is 5.10 Å². The molecule has 1 aromatic heterocycles. The molecule has 2 aromatic rings. The average Bonchev–Trinajstić information content (AvgIpc) is 2.77. The Kier molecular flexibility index (Phi) is 3.54. The van der Waals surface area contributed by atoms with E-state index in [4.69, 9.17) is 0 Å². The molecule has 0 saturated carbocycles. The maximum atomic E-state index is 9.90. The van der Waals surface area contributed by atoms with Gasteiger partial charge in [-0.3, -0.25) is 0 Å². The van der Waals surface area contributed by atoms with Crippen LogP contribution in [0.1, 0.15) is 32.0 Å². The molecule has 0 aliphatic carbocycles. The lowest BCUT2D eigenvalue weighted by molar-refractivity contribution is 0.0737. The molecule has 1 N–H and O–H groups in total. The Morgan fingerprint density at radius 2 is 2.11 bits per heavy atom. The van der Waals surface area contributed by atoms with Crippen LogP contribution in [-0.2, 0) is 12.0 Å². The number of benzene rings is 1. The van der Waals surface area contributed by atoms with E-state index in [9.17, 15) is 5.11 Å². The molecule has 0 amide bonds. The van der Waals surface area contributed by atoms with E-state index < -0.39 is 5.60 Å². The minimum atomic E-state index is -0.972. The van der Waals surface area contributed by atoms with Crippen LogP contribution in [0.3, 0.4) is 0 Å². The topological polar surface area (TPSA) is 50.9 Å². The molecule has 1 aromatic carbocycles. The summed E-state index contributed by atoms with van der Waals surface area (Å²) >= 11 is 3.46. The van der Waals surface area contributed by atoms with Gasteiger partial charge < -0.3 is 5.11 Å². The van der Waals surface area contributed by atoms with Crippen LogP contribution in [-0.4, -0.2) is 20.1 Å². The molecule has 0 radical (unpaired) electrons. The highest BCUT2D eigenvalue weighted by Crippen LogP contribution is 2.22. The van der Waals surface area contributed by atoms with Gasteiger partial charge in [0.2, 0.25) is 0 Å². The Morgan fingerprint density at radius 1 is 1.39 bits per heavy atom. The molecule has 0 aliphatic rings. The van der Waals surface area contributed by atoms with Crippen molar-refractivity contribution in [1.29, 1.82) is 0 Å². The molecule has 0 unspecified atom stereocenters. The predicted molar refractivity (Wildman–Crippen MR) is 73.7 cm³/mol. The SMILES string of the molecule is CCc1cc(Br)ccc1-n1cc(C(C)(C)O)nn1. The van der Waals surface area contributed by atoms with Gasteiger partial charge in [0.05, 0.1) is 11.9 Å². The summed E-state index contributed by atoms with van der Waals surface area (Å²) in [5.74, 6) is 0. The van der Waals surface area contributed by atoms with Crippen LogP contribution in [0.25, 0.3) is 5.69 Å². The number of hydrogen-bond donors (Lipinski definition) is 1. The molecule has 0 aliphatic heterocycles. The third-order valence-corrected chi connectivity index (χ3v) is 3.28. The summed E-state index contributed by atoms with van der Waals surface area (Å²) in [6, 6.07) is 6.03. The first-order valence-electron chi connectivity index (χ1n) is 5.86. The first-order valence-corrected chi connectivity index (χ1v) is 6.65. The van der Waals surface area contributed by atoms with Gasteiger partial charge in [0.25, 0.3) is 0 Å². The van der Waals surface area contributed by atoms with Gasteiger partial charge in [-0.2, -0.15) is 0 Å². The minimum Gasteiger partial charge on any atom is -0.384 e. The van der Waals surface area contributed by atoms with Crippen molar-refractivity contribution in [2.45, 2.75) is 32.8 Å². The Bertz CT molecular complexity index is 558. The van der Waals surface area contributed by atoms with Gasteiger partial charge in [0.1, 0.15) is 11.3 Å². The maximum Gasteiger partial charge on any atom is 0.114 e. The van der Waals surface area contributed by atoms with Crippen molar-refractivity contribution in [3.8, 4) is 5.69 Å². The largest absolute Gasteiger partial charge is 0.384 e. The molecule has 0 atom stereocenters. The third kappa shape index (κ3) is 2.62. The lowest BCUT2D eigenvalue weighted by Crippen LogP contribution is -2.15. The fourth-order valence-corrected chi connectivity index (χ4v) is 2.13. The number of rotatable bonds is 3. The first-order chi connectivity index (χ1) is 8.41. The normalized spacial score (nSPS) is 11.8. The highest BCUT2D eigenvalue weighted by atomic mass is 79.9. The number of nitrogens with zero attached hydrogens (tertiary/aromatic N) is 3. The third-order valence-electron chi connectivity index (χ3n) is 2.79. The van der Waals surface area contributed by atoms with E-state index in [0.29, 0.717) is 5.69 Å². The smallest absolute Gasteiger partial charge is 0.114 e. The van der Waals surface area contributed by atoms with Crippen molar-refractivity contribution >= 4 is 15.9 Å². The van der Waals surface area contributed by atoms with E-state index >= 15 is 0 Å². The lowest BCUT2D eigenvalue weighted by Gasteiger charge is -2.12. The molecule has 96 valence electrons. The summed E-state index contributed by atoms with van der Waals surface area (Å²) in [5, 5.41) is 18.0. The minimum absolute atomic E-state index is 0.562. The van der Waals surface area contributed by atoms with Crippen LogP contribution in [0.5, 0.6) is 0 Å². The fraction of sp³-hybridized carbons (Fsp3) is 0.385. The van der Waals surface area contributed by atoms with Gasteiger partial charge >= 0.3 is 0 Å². The molecule has 18 heavy (non-hydrogen) atoms. The summed E-state index contributed by atoms with van der Waals surface area (Å²) < 4.78 is 2.75. The predicted octanol–water partition coefficient (Wildman–Crippen LogP) is 2.82.